The molecule has 0 aliphatic carbocycles. The normalized spacial score (nSPS) is 9.94. The molecule has 2 aromatic rings. The molecule has 1 amide bonds. The molecule has 1 aromatic carbocycles. The minimum atomic E-state index is -0.294. The molecule has 0 bridgehead atoms. The third kappa shape index (κ3) is 2.73. The summed E-state index contributed by atoms with van der Waals surface area (Å²) in [4.78, 5) is 15.7. The largest absolute Gasteiger partial charge is 0.398 e. The average Bonchev–Trinajstić information content (AvgIpc) is 2.32. The SMILES string of the molecule is Nc1ccncc1C(=O)Nc1ccc(Cl)cc1. The van der Waals surface area contributed by atoms with Gasteiger partial charge in [-0.25, -0.2) is 0 Å². The van der Waals surface area contributed by atoms with Crippen LogP contribution in [0.2, 0.25) is 5.02 Å². The predicted octanol–water partition coefficient (Wildman–Crippen LogP) is 2.57. The lowest BCUT2D eigenvalue weighted by atomic mass is 10.2. The second-order valence-electron chi connectivity index (χ2n) is 3.42. The highest BCUT2D eigenvalue weighted by Crippen LogP contribution is 2.16. The number of aromatic nitrogens is 1. The number of nitrogen functional groups attached to an aromatic ring is 1. The highest BCUT2D eigenvalue weighted by Gasteiger charge is 2.09. The molecule has 4 nitrogen and oxygen atoms in total. The van der Waals surface area contributed by atoms with Crippen molar-refractivity contribution >= 4 is 28.9 Å². The third-order valence-corrected chi connectivity index (χ3v) is 2.45. The molecule has 0 aliphatic rings. The van der Waals surface area contributed by atoms with Crippen LogP contribution in [-0.2, 0) is 0 Å². The van der Waals surface area contributed by atoms with E-state index in [4.69, 9.17) is 17.3 Å². The fraction of sp³-hybridized carbons (Fsp3) is 0. The molecule has 2 rings (SSSR count). The number of amides is 1. The average molecular weight is 248 g/mol. The van der Waals surface area contributed by atoms with Gasteiger partial charge in [0.15, 0.2) is 0 Å². The third-order valence-electron chi connectivity index (χ3n) is 2.20. The maximum atomic E-state index is 11.9. The smallest absolute Gasteiger partial charge is 0.259 e. The quantitative estimate of drug-likeness (QED) is 0.857. The van der Waals surface area contributed by atoms with Crippen LogP contribution in [0.15, 0.2) is 42.7 Å². The Hall–Kier alpha value is -2.07. The molecule has 17 heavy (non-hydrogen) atoms. The lowest BCUT2D eigenvalue weighted by Gasteiger charge is -2.06. The van der Waals surface area contributed by atoms with Gasteiger partial charge in [-0.15, -0.1) is 0 Å². The zero-order valence-electron chi connectivity index (χ0n) is 8.85. The first kappa shape index (κ1) is 11.4. The van der Waals surface area contributed by atoms with Crippen LogP contribution in [-0.4, -0.2) is 10.9 Å². The van der Waals surface area contributed by atoms with E-state index in [0.717, 1.165) is 0 Å². The molecule has 86 valence electrons. The first-order valence-corrected chi connectivity index (χ1v) is 5.31. The molecule has 0 spiro atoms. The summed E-state index contributed by atoms with van der Waals surface area (Å²) in [5.41, 5.74) is 7.08. The molecule has 0 atom stereocenters. The summed E-state index contributed by atoms with van der Waals surface area (Å²) >= 11 is 5.75. The van der Waals surface area contributed by atoms with Gasteiger partial charge in [0.2, 0.25) is 0 Å². The van der Waals surface area contributed by atoms with E-state index in [9.17, 15) is 4.79 Å². The van der Waals surface area contributed by atoms with Gasteiger partial charge in [-0.2, -0.15) is 0 Å². The molecule has 0 saturated carbocycles. The number of nitrogens with one attached hydrogen (secondary N) is 1. The van der Waals surface area contributed by atoms with E-state index >= 15 is 0 Å². The molecule has 1 aromatic heterocycles. The molecular weight excluding hydrogens is 238 g/mol. The van der Waals surface area contributed by atoms with Gasteiger partial charge in [-0.05, 0) is 30.3 Å². The van der Waals surface area contributed by atoms with Gasteiger partial charge in [-0.3, -0.25) is 9.78 Å². The number of carbonyl (C=O) groups excluding carboxylic acids is 1. The number of nitrogens with two attached hydrogens (primary N) is 1. The Kier molecular flexibility index (Phi) is 3.25. The molecule has 1 heterocycles. The number of benzene rings is 1. The number of rotatable bonds is 2. The molecule has 5 heteroatoms. The zero-order chi connectivity index (χ0) is 12.3. The molecular formula is C12H10ClN3O. The summed E-state index contributed by atoms with van der Waals surface area (Å²) in [5, 5.41) is 3.32. The fourth-order valence-electron chi connectivity index (χ4n) is 1.33. The maximum absolute atomic E-state index is 11.9. The van der Waals surface area contributed by atoms with E-state index in [1.54, 1.807) is 30.3 Å². The summed E-state index contributed by atoms with van der Waals surface area (Å²) in [5.74, 6) is -0.294. The van der Waals surface area contributed by atoms with Crippen LogP contribution in [0.4, 0.5) is 11.4 Å². The number of carbonyl (C=O) groups is 1. The Bertz CT molecular complexity index is 540. The van der Waals surface area contributed by atoms with E-state index < -0.39 is 0 Å². The Balaban J connectivity index is 2.17. The highest BCUT2D eigenvalue weighted by molar-refractivity contribution is 6.30. The van der Waals surface area contributed by atoms with Crippen molar-refractivity contribution in [2.45, 2.75) is 0 Å². The number of pyridine rings is 1. The molecule has 0 saturated heterocycles. The van der Waals surface area contributed by atoms with Crippen molar-refractivity contribution in [1.82, 2.24) is 4.98 Å². The van der Waals surface area contributed by atoms with Crippen LogP contribution in [0, 0.1) is 0 Å². The molecule has 0 fully saturated rings. The lowest BCUT2D eigenvalue weighted by molar-refractivity contribution is 0.102. The van der Waals surface area contributed by atoms with Gasteiger partial charge < -0.3 is 11.1 Å². The van der Waals surface area contributed by atoms with Crippen LogP contribution in [0.5, 0.6) is 0 Å². The minimum Gasteiger partial charge on any atom is -0.398 e. The van der Waals surface area contributed by atoms with E-state index in [1.807, 2.05) is 0 Å². The van der Waals surface area contributed by atoms with Crippen molar-refractivity contribution < 1.29 is 4.79 Å². The number of hydrogen-bond donors (Lipinski definition) is 2. The van der Waals surface area contributed by atoms with Crippen molar-refractivity contribution in [2.24, 2.45) is 0 Å². The standard InChI is InChI=1S/C12H10ClN3O/c13-8-1-3-9(4-2-8)16-12(17)10-7-15-6-5-11(10)14/h1-7H,(H2,14,15)(H,16,17). The Morgan fingerprint density at radius 3 is 2.59 bits per heavy atom. The van der Waals surface area contributed by atoms with Crippen LogP contribution >= 0.6 is 11.6 Å². The van der Waals surface area contributed by atoms with Gasteiger partial charge in [0.05, 0.1) is 5.56 Å². The summed E-state index contributed by atoms with van der Waals surface area (Å²) in [6, 6.07) is 8.41. The van der Waals surface area contributed by atoms with E-state index in [-0.39, 0.29) is 5.91 Å². The molecule has 3 N–H and O–H groups in total. The van der Waals surface area contributed by atoms with E-state index in [1.165, 1.54) is 12.4 Å². The zero-order valence-corrected chi connectivity index (χ0v) is 9.61. The summed E-state index contributed by atoms with van der Waals surface area (Å²) < 4.78 is 0. The Morgan fingerprint density at radius 2 is 1.94 bits per heavy atom. The second-order valence-corrected chi connectivity index (χ2v) is 3.86. The monoisotopic (exact) mass is 247 g/mol. The number of nitrogens with zero attached hydrogens (tertiary/aromatic N) is 1. The Morgan fingerprint density at radius 1 is 1.24 bits per heavy atom. The second kappa shape index (κ2) is 4.84. The molecule has 0 unspecified atom stereocenters. The fourth-order valence-corrected chi connectivity index (χ4v) is 1.45. The van der Waals surface area contributed by atoms with Gasteiger partial charge in [-0.1, -0.05) is 11.6 Å². The van der Waals surface area contributed by atoms with Gasteiger partial charge >= 0.3 is 0 Å². The first-order chi connectivity index (χ1) is 8.16. The first-order valence-electron chi connectivity index (χ1n) is 4.93. The van der Waals surface area contributed by atoms with Crippen molar-refractivity contribution in [3.05, 3.63) is 53.3 Å². The van der Waals surface area contributed by atoms with Crippen molar-refractivity contribution in [3.8, 4) is 0 Å². The summed E-state index contributed by atoms with van der Waals surface area (Å²) in [7, 11) is 0. The van der Waals surface area contributed by atoms with Crippen LogP contribution in [0.25, 0.3) is 0 Å². The minimum absolute atomic E-state index is 0.294. The van der Waals surface area contributed by atoms with E-state index in [0.29, 0.717) is 22.0 Å². The lowest BCUT2D eigenvalue weighted by Crippen LogP contribution is -2.14. The highest BCUT2D eigenvalue weighted by atomic mass is 35.5. The van der Waals surface area contributed by atoms with Gasteiger partial charge in [0, 0.05) is 28.8 Å². The van der Waals surface area contributed by atoms with E-state index in [2.05, 4.69) is 10.3 Å². The van der Waals surface area contributed by atoms with Crippen molar-refractivity contribution in [3.63, 3.8) is 0 Å². The van der Waals surface area contributed by atoms with Crippen LogP contribution in [0.3, 0.4) is 0 Å². The van der Waals surface area contributed by atoms with Gasteiger partial charge in [0.1, 0.15) is 0 Å². The van der Waals surface area contributed by atoms with Crippen LogP contribution < -0.4 is 11.1 Å². The maximum Gasteiger partial charge on any atom is 0.259 e. The van der Waals surface area contributed by atoms with Gasteiger partial charge in [0.25, 0.3) is 5.91 Å². The van der Waals surface area contributed by atoms with Crippen LogP contribution in [0.1, 0.15) is 10.4 Å². The molecule has 0 aliphatic heterocycles. The Labute approximate surface area is 103 Å². The number of halogens is 1. The summed E-state index contributed by atoms with van der Waals surface area (Å²) in [6.45, 7) is 0. The number of anilines is 2. The topological polar surface area (TPSA) is 68.0 Å². The molecule has 0 radical (unpaired) electrons. The number of hydrogen-bond acceptors (Lipinski definition) is 3. The van der Waals surface area contributed by atoms with Crippen molar-refractivity contribution in [2.75, 3.05) is 11.1 Å². The van der Waals surface area contributed by atoms with Crippen molar-refractivity contribution in [1.29, 1.82) is 0 Å². The summed E-state index contributed by atoms with van der Waals surface area (Å²) in [6.07, 6.45) is 2.97. The predicted molar refractivity (Wildman–Crippen MR) is 68.1 cm³/mol.